The molecule has 114 valence electrons. The summed E-state index contributed by atoms with van der Waals surface area (Å²) in [6, 6.07) is 14.7. The summed E-state index contributed by atoms with van der Waals surface area (Å²) in [5.41, 5.74) is 1.83. The minimum absolute atomic E-state index is 0.207. The molecule has 0 spiro atoms. The van der Waals surface area contributed by atoms with Gasteiger partial charge >= 0.3 is 0 Å². The number of hydrogen-bond donors (Lipinski definition) is 0. The predicted molar refractivity (Wildman–Crippen MR) is 86.8 cm³/mol. The van der Waals surface area contributed by atoms with E-state index in [-0.39, 0.29) is 11.6 Å². The van der Waals surface area contributed by atoms with Crippen molar-refractivity contribution in [2.24, 2.45) is 0 Å². The molecule has 0 unspecified atom stereocenters. The van der Waals surface area contributed by atoms with Gasteiger partial charge in [0.25, 0.3) is 5.91 Å². The molecular weight excluding hydrogens is 310 g/mol. The molecule has 3 rings (SSSR count). The fourth-order valence-electron chi connectivity index (χ4n) is 2.14. The summed E-state index contributed by atoms with van der Waals surface area (Å²) in [5.74, 6) is 0.385. The Balaban J connectivity index is 1.71. The summed E-state index contributed by atoms with van der Waals surface area (Å²) < 4.78 is 5.24. The van der Waals surface area contributed by atoms with Gasteiger partial charge in [-0.05, 0) is 29.1 Å². The second-order valence-electron chi connectivity index (χ2n) is 5.02. The number of nitriles is 1. The lowest BCUT2D eigenvalue weighted by Gasteiger charge is -2.15. The fraction of sp³-hybridized carbons (Fsp3) is 0.118. The molecule has 2 heterocycles. The predicted octanol–water partition coefficient (Wildman–Crippen LogP) is 3.55. The maximum Gasteiger partial charge on any atom is 0.276 e. The van der Waals surface area contributed by atoms with Crippen LogP contribution in [0.1, 0.15) is 21.6 Å². The van der Waals surface area contributed by atoms with Crippen molar-refractivity contribution in [1.29, 1.82) is 5.26 Å². The van der Waals surface area contributed by atoms with Crippen LogP contribution < -0.4 is 0 Å². The summed E-state index contributed by atoms with van der Waals surface area (Å²) in [6.07, 6.45) is 0. The molecule has 0 atom stereocenters. The van der Waals surface area contributed by atoms with E-state index >= 15 is 0 Å². The van der Waals surface area contributed by atoms with Crippen molar-refractivity contribution in [2.45, 2.75) is 6.54 Å². The summed E-state index contributed by atoms with van der Waals surface area (Å²) in [5, 5.41) is 14.6. The lowest BCUT2D eigenvalue weighted by molar-refractivity contribution is 0.0775. The molecule has 0 fully saturated rings. The zero-order valence-corrected chi connectivity index (χ0v) is 13.2. The van der Waals surface area contributed by atoms with E-state index in [0.717, 1.165) is 10.4 Å². The van der Waals surface area contributed by atoms with Gasteiger partial charge in [0.15, 0.2) is 11.5 Å². The molecule has 1 aromatic carbocycles. The number of rotatable bonds is 4. The number of carbonyl (C=O) groups excluding carboxylic acids is 1. The Morgan fingerprint density at radius 2 is 2.13 bits per heavy atom. The van der Waals surface area contributed by atoms with E-state index < -0.39 is 0 Å². The Kier molecular flexibility index (Phi) is 4.22. The van der Waals surface area contributed by atoms with Crippen molar-refractivity contribution in [3.05, 3.63) is 64.7 Å². The zero-order valence-electron chi connectivity index (χ0n) is 12.4. The lowest BCUT2D eigenvalue weighted by atomic mass is 10.1. The number of carbonyl (C=O) groups is 1. The molecule has 0 aliphatic heterocycles. The fourth-order valence-corrected chi connectivity index (χ4v) is 2.81. The second kappa shape index (κ2) is 6.46. The van der Waals surface area contributed by atoms with Crippen LogP contribution in [0.3, 0.4) is 0 Å². The molecule has 0 radical (unpaired) electrons. The Morgan fingerprint density at radius 1 is 1.35 bits per heavy atom. The molecule has 0 aliphatic carbocycles. The van der Waals surface area contributed by atoms with Gasteiger partial charge in [0, 0.05) is 19.7 Å². The van der Waals surface area contributed by atoms with E-state index in [1.54, 1.807) is 30.1 Å². The van der Waals surface area contributed by atoms with Gasteiger partial charge < -0.3 is 9.42 Å². The van der Waals surface area contributed by atoms with Crippen LogP contribution in [-0.2, 0) is 6.54 Å². The monoisotopic (exact) mass is 323 g/mol. The highest BCUT2D eigenvalue weighted by molar-refractivity contribution is 7.13. The van der Waals surface area contributed by atoms with E-state index in [2.05, 4.69) is 11.2 Å². The maximum absolute atomic E-state index is 12.4. The lowest BCUT2D eigenvalue weighted by Crippen LogP contribution is -2.26. The Labute approximate surface area is 137 Å². The maximum atomic E-state index is 12.4. The van der Waals surface area contributed by atoms with Crippen LogP contribution in [0.2, 0.25) is 0 Å². The van der Waals surface area contributed by atoms with Crippen LogP contribution in [0, 0.1) is 11.3 Å². The molecule has 1 amide bonds. The van der Waals surface area contributed by atoms with Crippen molar-refractivity contribution in [1.82, 2.24) is 10.1 Å². The average molecular weight is 323 g/mol. The standard InChI is InChI=1S/C17H13N3O2S/c1-20(11-13-6-4-12(10-18)5-7-13)17(21)14-9-15(22-19-14)16-3-2-8-23-16/h2-9H,11H2,1H3. The molecule has 6 heteroatoms. The highest BCUT2D eigenvalue weighted by Gasteiger charge is 2.18. The average Bonchev–Trinajstić information content (AvgIpc) is 3.26. The second-order valence-corrected chi connectivity index (χ2v) is 5.97. The summed E-state index contributed by atoms with van der Waals surface area (Å²) >= 11 is 1.53. The van der Waals surface area contributed by atoms with Crippen LogP contribution in [-0.4, -0.2) is 23.0 Å². The summed E-state index contributed by atoms with van der Waals surface area (Å²) in [7, 11) is 1.71. The number of amides is 1. The van der Waals surface area contributed by atoms with Crippen molar-refractivity contribution >= 4 is 17.2 Å². The minimum Gasteiger partial charge on any atom is -0.355 e. The van der Waals surface area contributed by atoms with Gasteiger partial charge in [0.2, 0.25) is 0 Å². The minimum atomic E-state index is -0.207. The number of aromatic nitrogens is 1. The normalized spacial score (nSPS) is 10.3. The van der Waals surface area contributed by atoms with Crippen molar-refractivity contribution < 1.29 is 9.32 Å². The first-order chi connectivity index (χ1) is 11.2. The molecule has 0 bridgehead atoms. The van der Waals surface area contributed by atoms with Crippen LogP contribution in [0.25, 0.3) is 10.6 Å². The van der Waals surface area contributed by atoms with E-state index in [1.807, 2.05) is 29.6 Å². The van der Waals surface area contributed by atoms with Gasteiger partial charge in [-0.15, -0.1) is 11.3 Å². The van der Waals surface area contributed by atoms with Gasteiger partial charge in [-0.1, -0.05) is 23.4 Å². The quantitative estimate of drug-likeness (QED) is 0.736. The summed E-state index contributed by atoms with van der Waals surface area (Å²) in [4.78, 5) is 14.9. The Bertz CT molecular complexity index is 845. The molecule has 23 heavy (non-hydrogen) atoms. The Hall–Kier alpha value is -2.91. The van der Waals surface area contributed by atoms with Crippen LogP contribution in [0.5, 0.6) is 0 Å². The molecular formula is C17H13N3O2S. The molecule has 0 saturated heterocycles. The van der Waals surface area contributed by atoms with Gasteiger partial charge in [-0.25, -0.2) is 0 Å². The van der Waals surface area contributed by atoms with Crippen molar-refractivity contribution in [3.8, 4) is 16.7 Å². The van der Waals surface area contributed by atoms with E-state index in [4.69, 9.17) is 9.78 Å². The van der Waals surface area contributed by atoms with Crippen molar-refractivity contribution in [2.75, 3.05) is 7.05 Å². The van der Waals surface area contributed by atoms with Crippen LogP contribution in [0.4, 0.5) is 0 Å². The highest BCUT2D eigenvalue weighted by Crippen LogP contribution is 2.25. The highest BCUT2D eigenvalue weighted by atomic mass is 32.1. The molecule has 5 nitrogen and oxygen atoms in total. The smallest absolute Gasteiger partial charge is 0.276 e. The third-order valence-electron chi connectivity index (χ3n) is 3.34. The number of hydrogen-bond acceptors (Lipinski definition) is 5. The van der Waals surface area contributed by atoms with Gasteiger partial charge in [-0.3, -0.25) is 4.79 Å². The van der Waals surface area contributed by atoms with E-state index in [1.165, 1.54) is 11.3 Å². The number of benzene rings is 1. The number of thiophene rings is 1. The van der Waals surface area contributed by atoms with Crippen LogP contribution >= 0.6 is 11.3 Å². The number of nitrogens with zero attached hydrogens (tertiary/aromatic N) is 3. The Morgan fingerprint density at radius 3 is 2.78 bits per heavy atom. The van der Waals surface area contributed by atoms with Crippen molar-refractivity contribution in [3.63, 3.8) is 0 Å². The van der Waals surface area contributed by atoms with Crippen LogP contribution in [0.15, 0.2) is 52.4 Å². The SMILES string of the molecule is CN(Cc1ccc(C#N)cc1)C(=O)c1cc(-c2cccs2)on1. The topological polar surface area (TPSA) is 70.1 Å². The van der Waals surface area contributed by atoms with E-state index in [0.29, 0.717) is 17.9 Å². The zero-order chi connectivity index (χ0) is 16.2. The molecule has 0 saturated carbocycles. The third-order valence-corrected chi connectivity index (χ3v) is 4.23. The first kappa shape index (κ1) is 15.0. The van der Waals surface area contributed by atoms with Gasteiger partial charge in [-0.2, -0.15) is 5.26 Å². The molecule has 0 aliphatic rings. The third kappa shape index (κ3) is 3.30. The molecule has 3 aromatic rings. The molecule has 2 aromatic heterocycles. The van der Waals surface area contributed by atoms with Gasteiger partial charge in [0.05, 0.1) is 16.5 Å². The first-order valence-corrected chi connectivity index (χ1v) is 7.80. The summed E-state index contributed by atoms with van der Waals surface area (Å²) in [6.45, 7) is 0.436. The van der Waals surface area contributed by atoms with E-state index in [9.17, 15) is 4.79 Å². The molecule has 0 N–H and O–H groups in total. The van der Waals surface area contributed by atoms with Gasteiger partial charge in [0.1, 0.15) is 0 Å². The largest absolute Gasteiger partial charge is 0.355 e. The first-order valence-electron chi connectivity index (χ1n) is 6.92.